The lowest BCUT2D eigenvalue weighted by molar-refractivity contribution is -0.197. The third-order valence-corrected chi connectivity index (χ3v) is 3.37. The summed E-state index contributed by atoms with van der Waals surface area (Å²) in [4.78, 5) is 38.9. The van der Waals surface area contributed by atoms with Crippen molar-refractivity contribution in [3.8, 4) is 11.5 Å². The molecule has 128 valence electrons. The van der Waals surface area contributed by atoms with Gasteiger partial charge in [-0.2, -0.15) is 0 Å². The first-order chi connectivity index (χ1) is 11.4. The number of nitrogens with one attached hydrogen (secondary N) is 1. The van der Waals surface area contributed by atoms with Crippen LogP contribution in [0.2, 0.25) is 0 Å². The summed E-state index contributed by atoms with van der Waals surface area (Å²) < 4.78 is 5.40. The fourth-order valence-corrected chi connectivity index (χ4v) is 2.13. The van der Waals surface area contributed by atoms with Crippen LogP contribution in [0.5, 0.6) is 11.5 Å². The van der Waals surface area contributed by atoms with Crippen LogP contribution >= 0.6 is 0 Å². The van der Waals surface area contributed by atoms with Gasteiger partial charge >= 0.3 is 5.97 Å². The van der Waals surface area contributed by atoms with E-state index in [9.17, 15) is 19.5 Å². The van der Waals surface area contributed by atoms with Gasteiger partial charge < -0.3 is 20.1 Å². The third-order valence-electron chi connectivity index (χ3n) is 3.37. The minimum absolute atomic E-state index is 0.0132. The summed E-state index contributed by atoms with van der Waals surface area (Å²) in [6.07, 6.45) is 0.426. The molecule has 1 aromatic carbocycles. The second kappa shape index (κ2) is 7.58. The molecule has 1 saturated heterocycles. The summed E-state index contributed by atoms with van der Waals surface area (Å²) in [6.45, 7) is 1.76. The number of nitrogens with zero attached hydrogens (tertiary/aromatic N) is 1. The van der Waals surface area contributed by atoms with E-state index < -0.39 is 17.8 Å². The molecule has 24 heavy (non-hydrogen) atoms. The van der Waals surface area contributed by atoms with Crippen molar-refractivity contribution in [2.75, 3.05) is 6.61 Å². The van der Waals surface area contributed by atoms with Crippen molar-refractivity contribution >= 4 is 23.5 Å². The number of hydroxylamine groups is 2. The maximum atomic E-state index is 11.6. The van der Waals surface area contributed by atoms with Gasteiger partial charge in [0.05, 0.1) is 13.0 Å². The standard InChI is InChI=1S/C16H18N2O6/c1-10(17)12-5-4-11(9-13(12)19)23-8-2-3-16(22)24-18-14(20)6-7-15(18)21/h4-5,9,17,19H,2-3,6-8H2,1H3. The molecule has 0 radical (unpaired) electrons. The molecule has 8 nitrogen and oxygen atoms in total. The highest BCUT2D eigenvalue weighted by atomic mass is 16.7. The smallest absolute Gasteiger partial charge is 0.333 e. The lowest BCUT2D eigenvalue weighted by atomic mass is 10.1. The van der Waals surface area contributed by atoms with E-state index in [4.69, 9.17) is 15.0 Å². The maximum absolute atomic E-state index is 11.6. The molecule has 1 heterocycles. The van der Waals surface area contributed by atoms with Crippen LogP contribution in [0, 0.1) is 5.41 Å². The lowest BCUT2D eigenvalue weighted by Crippen LogP contribution is -2.32. The first-order valence-corrected chi connectivity index (χ1v) is 7.46. The Morgan fingerprint density at radius 1 is 1.29 bits per heavy atom. The Balaban J connectivity index is 1.74. The number of rotatable bonds is 7. The van der Waals surface area contributed by atoms with E-state index in [2.05, 4.69) is 0 Å². The van der Waals surface area contributed by atoms with E-state index in [-0.39, 0.29) is 37.3 Å². The van der Waals surface area contributed by atoms with Gasteiger partial charge in [0.25, 0.3) is 11.8 Å². The largest absolute Gasteiger partial charge is 0.507 e. The molecule has 0 spiro atoms. The van der Waals surface area contributed by atoms with E-state index in [1.54, 1.807) is 19.1 Å². The van der Waals surface area contributed by atoms with Crippen LogP contribution in [0.1, 0.15) is 38.2 Å². The van der Waals surface area contributed by atoms with Crippen LogP contribution in [0.4, 0.5) is 0 Å². The molecule has 0 unspecified atom stereocenters. The molecule has 1 aromatic rings. The highest BCUT2D eigenvalue weighted by Crippen LogP contribution is 2.24. The van der Waals surface area contributed by atoms with Crippen molar-refractivity contribution in [1.82, 2.24) is 5.06 Å². The van der Waals surface area contributed by atoms with Crippen LogP contribution in [0.3, 0.4) is 0 Å². The Morgan fingerprint density at radius 2 is 1.96 bits per heavy atom. The number of phenolic OH excluding ortho intramolecular Hbond substituents is 1. The third kappa shape index (κ3) is 4.31. The molecule has 0 aromatic heterocycles. The SMILES string of the molecule is CC(=N)c1ccc(OCCCC(=O)ON2C(=O)CCC2=O)cc1O. The van der Waals surface area contributed by atoms with Crippen molar-refractivity contribution in [1.29, 1.82) is 5.41 Å². The monoisotopic (exact) mass is 334 g/mol. The number of hydrogen-bond acceptors (Lipinski definition) is 7. The molecular weight excluding hydrogens is 316 g/mol. The molecule has 0 atom stereocenters. The quantitative estimate of drug-likeness (QED) is 0.444. The summed E-state index contributed by atoms with van der Waals surface area (Å²) in [6, 6.07) is 4.59. The zero-order valence-electron chi connectivity index (χ0n) is 13.2. The van der Waals surface area contributed by atoms with Crippen LogP contribution in [0.15, 0.2) is 18.2 Å². The minimum atomic E-state index is -0.681. The average Bonchev–Trinajstić information content (AvgIpc) is 2.83. The Labute approximate surface area is 138 Å². The van der Waals surface area contributed by atoms with Crippen molar-refractivity contribution in [2.24, 2.45) is 0 Å². The van der Waals surface area contributed by atoms with Crippen molar-refractivity contribution in [3.05, 3.63) is 23.8 Å². The molecule has 2 rings (SSSR count). The van der Waals surface area contributed by atoms with Gasteiger partial charge in [0.2, 0.25) is 0 Å². The van der Waals surface area contributed by atoms with E-state index in [1.165, 1.54) is 6.07 Å². The van der Waals surface area contributed by atoms with Crippen LogP contribution < -0.4 is 4.74 Å². The van der Waals surface area contributed by atoms with Crippen molar-refractivity contribution in [2.45, 2.75) is 32.6 Å². The summed E-state index contributed by atoms with van der Waals surface area (Å²) in [5.74, 6) is -1.34. The Kier molecular flexibility index (Phi) is 5.51. The summed E-state index contributed by atoms with van der Waals surface area (Å²) in [7, 11) is 0. The summed E-state index contributed by atoms with van der Waals surface area (Å²) >= 11 is 0. The second-order valence-corrected chi connectivity index (χ2v) is 5.30. The predicted octanol–water partition coefficient (Wildman–Crippen LogP) is 1.55. The zero-order chi connectivity index (χ0) is 17.7. The molecule has 0 saturated carbocycles. The fourth-order valence-electron chi connectivity index (χ4n) is 2.13. The molecule has 2 N–H and O–H groups in total. The number of imide groups is 1. The number of phenols is 1. The number of ether oxygens (including phenoxy) is 1. The van der Waals surface area contributed by atoms with E-state index in [0.717, 1.165) is 0 Å². The highest BCUT2D eigenvalue weighted by molar-refractivity contribution is 6.01. The Morgan fingerprint density at radius 3 is 2.54 bits per heavy atom. The van der Waals surface area contributed by atoms with E-state index in [0.29, 0.717) is 22.8 Å². The van der Waals surface area contributed by atoms with Gasteiger partial charge in [-0.25, -0.2) is 4.79 Å². The Bertz CT molecular complexity index is 669. The molecule has 1 fully saturated rings. The van der Waals surface area contributed by atoms with Gasteiger partial charge in [0.1, 0.15) is 11.5 Å². The number of carbonyl (C=O) groups is 3. The van der Waals surface area contributed by atoms with Gasteiger partial charge in [0.15, 0.2) is 0 Å². The fraction of sp³-hybridized carbons (Fsp3) is 0.375. The molecule has 8 heteroatoms. The van der Waals surface area contributed by atoms with Crippen LogP contribution in [-0.4, -0.2) is 40.3 Å². The summed E-state index contributed by atoms with van der Waals surface area (Å²) in [5.41, 5.74) is 0.665. The van der Waals surface area contributed by atoms with Crippen LogP contribution in [0.25, 0.3) is 0 Å². The number of amides is 2. The van der Waals surface area contributed by atoms with Gasteiger partial charge in [-0.3, -0.25) is 9.59 Å². The van der Waals surface area contributed by atoms with Gasteiger partial charge in [-0.15, -0.1) is 5.06 Å². The topological polar surface area (TPSA) is 117 Å². The summed E-state index contributed by atoms with van der Waals surface area (Å²) in [5, 5.41) is 17.7. The number of hydrogen-bond donors (Lipinski definition) is 2. The van der Waals surface area contributed by atoms with Gasteiger partial charge in [0, 0.05) is 30.2 Å². The maximum Gasteiger partial charge on any atom is 0.333 e. The van der Waals surface area contributed by atoms with E-state index >= 15 is 0 Å². The van der Waals surface area contributed by atoms with Crippen molar-refractivity contribution in [3.63, 3.8) is 0 Å². The zero-order valence-corrected chi connectivity index (χ0v) is 13.2. The highest BCUT2D eigenvalue weighted by Gasteiger charge is 2.32. The van der Waals surface area contributed by atoms with Gasteiger partial charge in [-0.1, -0.05) is 0 Å². The molecular formula is C16H18N2O6. The predicted molar refractivity (Wildman–Crippen MR) is 82.5 cm³/mol. The molecule has 1 aliphatic heterocycles. The first kappa shape index (κ1) is 17.5. The first-order valence-electron chi connectivity index (χ1n) is 7.46. The van der Waals surface area contributed by atoms with Crippen molar-refractivity contribution < 1.29 is 29.1 Å². The minimum Gasteiger partial charge on any atom is -0.507 e. The van der Waals surface area contributed by atoms with Crippen LogP contribution in [-0.2, 0) is 19.2 Å². The van der Waals surface area contributed by atoms with Gasteiger partial charge in [-0.05, 0) is 25.5 Å². The average molecular weight is 334 g/mol. The molecule has 0 bridgehead atoms. The second-order valence-electron chi connectivity index (χ2n) is 5.30. The number of carbonyl (C=O) groups excluding carboxylic acids is 3. The molecule has 1 aliphatic rings. The normalized spacial score (nSPS) is 14.0. The number of benzene rings is 1. The number of aromatic hydroxyl groups is 1. The molecule has 2 amide bonds. The van der Waals surface area contributed by atoms with E-state index in [1.807, 2.05) is 0 Å². The Hall–Kier alpha value is -2.90. The molecule has 0 aliphatic carbocycles. The lowest BCUT2D eigenvalue weighted by Gasteiger charge is -2.12.